The zero-order chi connectivity index (χ0) is 16.8. The molecule has 0 bridgehead atoms. The van der Waals surface area contributed by atoms with Gasteiger partial charge in [-0.1, -0.05) is 48.5 Å². The maximum atomic E-state index is 13.7. The number of aliphatic hydroxyl groups is 1. The highest BCUT2D eigenvalue weighted by Crippen LogP contribution is 2.26. The molecule has 2 nitrogen and oxygen atoms in total. The summed E-state index contributed by atoms with van der Waals surface area (Å²) in [5.41, 5.74) is 3.49. The summed E-state index contributed by atoms with van der Waals surface area (Å²) in [7, 11) is 0. The summed E-state index contributed by atoms with van der Waals surface area (Å²) in [5.74, 6) is 0.480. The van der Waals surface area contributed by atoms with Crippen molar-refractivity contribution in [2.24, 2.45) is 0 Å². The maximum absolute atomic E-state index is 13.7. The Labute approximate surface area is 141 Å². The molecule has 0 atom stereocenters. The zero-order valence-corrected chi connectivity index (χ0v) is 13.3. The molecule has 0 heterocycles. The summed E-state index contributed by atoms with van der Waals surface area (Å²) in [5, 5.41) is 9.04. The van der Waals surface area contributed by atoms with Gasteiger partial charge in [-0.15, -0.1) is 0 Å². The van der Waals surface area contributed by atoms with E-state index in [0.29, 0.717) is 18.6 Å². The molecular formula is C21H19FO2. The predicted molar refractivity (Wildman–Crippen MR) is 93.4 cm³/mol. The van der Waals surface area contributed by atoms with E-state index in [9.17, 15) is 4.39 Å². The molecule has 0 spiro atoms. The quantitative estimate of drug-likeness (QED) is 0.718. The number of halogens is 1. The second-order valence-corrected chi connectivity index (χ2v) is 5.58. The van der Waals surface area contributed by atoms with Crippen LogP contribution in [-0.4, -0.2) is 11.7 Å². The minimum Gasteiger partial charge on any atom is -0.489 e. The van der Waals surface area contributed by atoms with Crippen LogP contribution in [0.4, 0.5) is 4.39 Å². The minimum atomic E-state index is -0.288. The van der Waals surface area contributed by atoms with Gasteiger partial charge in [0.05, 0.1) is 0 Å². The van der Waals surface area contributed by atoms with E-state index in [2.05, 4.69) is 0 Å². The monoisotopic (exact) mass is 322 g/mol. The molecule has 1 N–H and O–H groups in total. The predicted octanol–water partition coefficient (Wildman–Crippen LogP) is 4.61. The molecule has 0 amide bonds. The number of rotatable bonds is 6. The van der Waals surface area contributed by atoms with E-state index in [4.69, 9.17) is 9.84 Å². The second-order valence-electron chi connectivity index (χ2n) is 5.58. The van der Waals surface area contributed by atoms with E-state index < -0.39 is 0 Å². The van der Waals surface area contributed by atoms with Crippen molar-refractivity contribution in [3.8, 4) is 16.9 Å². The fourth-order valence-corrected chi connectivity index (χ4v) is 2.57. The van der Waals surface area contributed by atoms with Crippen LogP contribution in [0.5, 0.6) is 5.75 Å². The van der Waals surface area contributed by atoms with Gasteiger partial charge in [-0.2, -0.15) is 0 Å². The van der Waals surface area contributed by atoms with Crippen molar-refractivity contribution in [2.75, 3.05) is 6.61 Å². The largest absolute Gasteiger partial charge is 0.489 e. The van der Waals surface area contributed by atoms with Crippen molar-refractivity contribution in [3.05, 3.63) is 89.7 Å². The summed E-state index contributed by atoms with van der Waals surface area (Å²) < 4.78 is 19.6. The Hall–Kier alpha value is -2.65. The van der Waals surface area contributed by atoms with Crippen LogP contribution in [0.15, 0.2) is 72.8 Å². The molecule has 0 aliphatic rings. The lowest BCUT2D eigenvalue weighted by Gasteiger charge is -2.10. The third kappa shape index (κ3) is 4.00. The lowest BCUT2D eigenvalue weighted by Crippen LogP contribution is -1.96. The van der Waals surface area contributed by atoms with Gasteiger partial charge < -0.3 is 9.84 Å². The number of aliphatic hydroxyl groups excluding tert-OH is 1. The minimum absolute atomic E-state index is 0.0688. The average Bonchev–Trinajstić information content (AvgIpc) is 2.63. The first-order chi connectivity index (χ1) is 11.8. The van der Waals surface area contributed by atoms with Crippen LogP contribution in [-0.2, 0) is 13.0 Å². The van der Waals surface area contributed by atoms with E-state index in [1.54, 1.807) is 12.1 Å². The molecule has 0 aliphatic carbocycles. The van der Waals surface area contributed by atoms with Crippen molar-refractivity contribution < 1.29 is 14.2 Å². The zero-order valence-electron chi connectivity index (χ0n) is 13.3. The Morgan fingerprint density at radius 1 is 0.833 bits per heavy atom. The van der Waals surface area contributed by atoms with Crippen LogP contribution in [0.3, 0.4) is 0 Å². The van der Waals surface area contributed by atoms with Crippen LogP contribution in [0.25, 0.3) is 11.1 Å². The molecular weight excluding hydrogens is 303 g/mol. The fraction of sp³-hybridized carbons (Fsp3) is 0.143. The van der Waals surface area contributed by atoms with Crippen LogP contribution in [0.2, 0.25) is 0 Å². The lowest BCUT2D eigenvalue weighted by atomic mass is 10.0. The highest BCUT2D eigenvalue weighted by molar-refractivity contribution is 5.66. The summed E-state index contributed by atoms with van der Waals surface area (Å²) in [4.78, 5) is 0. The van der Waals surface area contributed by atoms with Crippen LogP contribution in [0, 0.1) is 5.82 Å². The molecule has 0 fully saturated rings. The van der Waals surface area contributed by atoms with Crippen LogP contribution < -0.4 is 4.74 Å². The fourth-order valence-electron chi connectivity index (χ4n) is 2.57. The highest BCUT2D eigenvalue weighted by Gasteiger charge is 2.06. The van der Waals surface area contributed by atoms with Gasteiger partial charge >= 0.3 is 0 Å². The van der Waals surface area contributed by atoms with Crippen molar-refractivity contribution in [2.45, 2.75) is 13.0 Å². The molecule has 3 rings (SSSR count). The van der Waals surface area contributed by atoms with Gasteiger partial charge in [0.2, 0.25) is 0 Å². The van der Waals surface area contributed by atoms with E-state index >= 15 is 0 Å². The molecule has 24 heavy (non-hydrogen) atoms. The first-order valence-electron chi connectivity index (χ1n) is 7.93. The Bertz CT molecular complexity index is 800. The SMILES string of the molecule is OCCc1cc(-c2cccc(OCc3ccccc3)c2)ccc1F. The van der Waals surface area contributed by atoms with Gasteiger partial charge in [0.15, 0.2) is 0 Å². The maximum Gasteiger partial charge on any atom is 0.126 e. The molecule has 122 valence electrons. The molecule has 3 aromatic carbocycles. The molecule has 3 heteroatoms. The number of hydrogen-bond acceptors (Lipinski definition) is 2. The summed E-state index contributed by atoms with van der Waals surface area (Å²) in [6.45, 7) is 0.435. The van der Waals surface area contributed by atoms with Gasteiger partial charge in [0.25, 0.3) is 0 Å². The summed E-state index contributed by atoms with van der Waals surface area (Å²) in [6, 6.07) is 22.7. The number of benzene rings is 3. The molecule has 0 saturated carbocycles. The van der Waals surface area contributed by atoms with Crippen molar-refractivity contribution >= 4 is 0 Å². The topological polar surface area (TPSA) is 29.5 Å². The standard InChI is InChI=1S/C21H19FO2/c22-21-10-9-18(13-19(21)11-12-23)17-7-4-8-20(14-17)24-15-16-5-2-1-3-6-16/h1-10,13-14,23H,11-12,15H2. The first kappa shape index (κ1) is 16.2. The number of hydrogen-bond donors (Lipinski definition) is 1. The molecule has 0 unspecified atom stereocenters. The molecule has 0 saturated heterocycles. The van der Waals surface area contributed by atoms with Gasteiger partial charge in [-0.05, 0) is 52.9 Å². The first-order valence-corrected chi connectivity index (χ1v) is 7.93. The van der Waals surface area contributed by atoms with Gasteiger partial charge in [-0.25, -0.2) is 4.39 Å². The van der Waals surface area contributed by atoms with Gasteiger partial charge in [0.1, 0.15) is 18.2 Å². The molecule has 0 aliphatic heterocycles. The molecule has 0 aromatic heterocycles. The molecule has 3 aromatic rings. The average molecular weight is 322 g/mol. The normalized spacial score (nSPS) is 10.6. The Kier molecular flexibility index (Phi) is 5.24. The smallest absolute Gasteiger partial charge is 0.126 e. The second kappa shape index (κ2) is 7.75. The Balaban J connectivity index is 1.79. The van der Waals surface area contributed by atoms with E-state index in [1.807, 2.05) is 54.6 Å². The molecule has 0 radical (unpaired) electrons. The third-order valence-corrected chi connectivity index (χ3v) is 3.84. The van der Waals surface area contributed by atoms with Crippen molar-refractivity contribution in [1.82, 2.24) is 0 Å². The van der Waals surface area contributed by atoms with E-state index in [0.717, 1.165) is 22.4 Å². The third-order valence-electron chi connectivity index (χ3n) is 3.84. The lowest BCUT2D eigenvalue weighted by molar-refractivity contribution is 0.297. The summed E-state index contributed by atoms with van der Waals surface area (Å²) in [6.07, 6.45) is 0.309. The number of ether oxygens (including phenoxy) is 1. The van der Waals surface area contributed by atoms with Gasteiger partial charge in [-0.3, -0.25) is 0 Å². The van der Waals surface area contributed by atoms with Crippen molar-refractivity contribution in [3.63, 3.8) is 0 Å². The van der Waals surface area contributed by atoms with Crippen LogP contribution >= 0.6 is 0 Å². The van der Waals surface area contributed by atoms with E-state index in [1.165, 1.54) is 6.07 Å². The van der Waals surface area contributed by atoms with E-state index in [-0.39, 0.29) is 12.4 Å². The van der Waals surface area contributed by atoms with Crippen LogP contribution in [0.1, 0.15) is 11.1 Å². The van der Waals surface area contributed by atoms with Gasteiger partial charge in [0, 0.05) is 6.61 Å². The Morgan fingerprint density at radius 3 is 2.42 bits per heavy atom. The van der Waals surface area contributed by atoms with Crippen molar-refractivity contribution in [1.29, 1.82) is 0 Å². The Morgan fingerprint density at radius 2 is 1.62 bits per heavy atom. The highest BCUT2D eigenvalue weighted by atomic mass is 19.1. The summed E-state index contributed by atoms with van der Waals surface area (Å²) >= 11 is 0.